The van der Waals surface area contributed by atoms with Gasteiger partial charge in [-0.1, -0.05) is 0 Å². The third-order valence-corrected chi connectivity index (χ3v) is 4.97. The molecule has 0 heterocycles. The molecule has 0 bridgehead atoms. The van der Waals surface area contributed by atoms with E-state index in [0.29, 0.717) is 12.4 Å². The Bertz CT molecular complexity index is 883. The van der Waals surface area contributed by atoms with Crippen LogP contribution in [0.5, 0.6) is 5.75 Å². The minimum absolute atomic E-state index is 0.0506. The second kappa shape index (κ2) is 6.71. The van der Waals surface area contributed by atoms with Gasteiger partial charge in [-0.05, 0) is 49.4 Å². The van der Waals surface area contributed by atoms with E-state index in [2.05, 4.69) is 0 Å². The summed E-state index contributed by atoms with van der Waals surface area (Å²) < 4.78 is 30.4. The van der Waals surface area contributed by atoms with Gasteiger partial charge in [-0.3, -0.25) is 0 Å². The number of ether oxygens (including phenoxy) is 1. The van der Waals surface area contributed by atoms with Crippen LogP contribution in [-0.2, 0) is 9.84 Å². The molecule has 2 rings (SSSR count). The Kier molecular flexibility index (Phi) is 4.89. The van der Waals surface area contributed by atoms with E-state index in [9.17, 15) is 18.0 Å². The molecular weight excluding hydrogens is 336 g/mol. The maximum absolute atomic E-state index is 12.6. The Balaban J connectivity index is 2.51. The summed E-state index contributed by atoms with van der Waals surface area (Å²) in [6, 6.07) is 8.53. The molecule has 0 unspecified atom stereocenters. The van der Waals surface area contributed by atoms with Crippen LogP contribution in [0.4, 0.5) is 0 Å². The molecule has 2 aromatic rings. The second-order valence-electron chi connectivity index (χ2n) is 4.73. The first kappa shape index (κ1) is 17.5. The number of carboxylic acids is 2. The Morgan fingerprint density at radius 1 is 0.917 bits per heavy atom. The minimum Gasteiger partial charge on any atom is -0.494 e. The van der Waals surface area contributed by atoms with Gasteiger partial charge in [0.05, 0.1) is 27.5 Å². The zero-order valence-electron chi connectivity index (χ0n) is 12.6. The van der Waals surface area contributed by atoms with Crippen LogP contribution in [0.2, 0.25) is 0 Å². The van der Waals surface area contributed by atoms with Crippen LogP contribution in [0.25, 0.3) is 0 Å². The number of aromatic carboxylic acids is 2. The number of carbonyl (C=O) groups is 2. The standard InChI is InChI=1S/C16H14O7S/c1-2-23-10-3-5-11(6-4-10)24(21,22)12-7-8-13(15(17)18)14(9-12)16(19)20/h3-9H,2H2,1H3,(H,17,18)(H,19,20). The fourth-order valence-corrected chi connectivity index (χ4v) is 3.36. The fraction of sp³-hybridized carbons (Fsp3) is 0.125. The average Bonchev–Trinajstić information content (AvgIpc) is 2.55. The number of hydrogen-bond donors (Lipinski definition) is 2. The predicted molar refractivity (Wildman–Crippen MR) is 83.4 cm³/mol. The molecule has 7 nitrogen and oxygen atoms in total. The Hall–Kier alpha value is -2.87. The zero-order chi connectivity index (χ0) is 17.9. The lowest BCUT2D eigenvalue weighted by atomic mass is 10.1. The van der Waals surface area contributed by atoms with Crippen LogP contribution in [0.3, 0.4) is 0 Å². The summed E-state index contributed by atoms with van der Waals surface area (Å²) in [7, 11) is -3.98. The highest BCUT2D eigenvalue weighted by Gasteiger charge is 2.23. The molecule has 0 spiro atoms. The topological polar surface area (TPSA) is 118 Å². The van der Waals surface area contributed by atoms with Crippen molar-refractivity contribution in [3.63, 3.8) is 0 Å². The lowest BCUT2D eigenvalue weighted by Crippen LogP contribution is -2.10. The molecule has 0 atom stereocenters. The monoisotopic (exact) mass is 350 g/mol. The third kappa shape index (κ3) is 3.38. The van der Waals surface area contributed by atoms with Crippen molar-refractivity contribution in [3.05, 3.63) is 53.6 Å². The van der Waals surface area contributed by atoms with Crippen molar-refractivity contribution < 1.29 is 33.0 Å². The van der Waals surface area contributed by atoms with Gasteiger partial charge in [0.1, 0.15) is 5.75 Å². The lowest BCUT2D eigenvalue weighted by molar-refractivity contribution is 0.0651. The summed E-state index contributed by atoms with van der Waals surface area (Å²) in [6.07, 6.45) is 0. The molecule has 2 N–H and O–H groups in total. The number of rotatable bonds is 6. The molecule has 0 aliphatic heterocycles. The molecular formula is C16H14O7S. The third-order valence-electron chi connectivity index (χ3n) is 3.21. The highest BCUT2D eigenvalue weighted by molar-refractivity contribution is 7.91. The predicted octanol–water partition coefficient (Wildman–Crippen LogP) is 2.31. The van der Waals surface area contributed by atoms with Crippen molar-refractivity contribution in [2.24, 2.45) is 0 Å². The van der Waals surface area contributed by atoms with Crippen molar-refractivity contribution in [3.8, 4) is 5.75 Å². The highest BCUT2D eigenvalue weighted by Crippen LogP contribution is 2.25. The van der Waals surface area contributed by atoms with Crippen molar-refractivity contribution in [2.75, 3.05) is 6.61 Å². The van der Waals surface area contributed by atoms with Crippen LogP contribution in [0.15, 0.2) is 52.3 Å². The molecule has 0 radical (unpaired) electrons. The first-order chi connectivity index (χ1) is 11.3. The van der Waals surface area contributed by atoms with Gasteiger partial charge in [0.25, 0.3) is 0 Å². The molecule has 0 saturated carbocycles. The Morgan fingerprint density at radius 3 is 1.96 bits per heavy atom. The van der Waals surface area contributed by atoms with Gasteiger partial charge in [0, 0.05) is 0 Å². The van der Waals surface area contributed by atoms with Gasteiger partial charge in [-0.15, -0.1) is 0 Å². The van der Waals surface area contributed by atoms with Crippen LogP contribution < -0.4 is 4.74 Å². The lowest BCUT2D eigenvalue weighted by Gasteiger charge is -2.09. The van der Waals surface area contributed by atoms with Gasteiger partial charge in [-0.25, -0.2) is 18.0 Å². The molecule has 0 amide bonds. The van der Waals surface area contributed by atoms with Crippen LogP contribution in [-0.4, -0.2) is 37.2 Å². The summed E-state index contributed by atoms with van der Waals surface area (Å²) in [6.45, 7) is 2.23. The van der Waals surface area contributed by atoms with E-state index in [-0.39, 0.29) is 9.79 Å². The van der Waals surface area contributed by atoms with E-state index in [4.69, 9.17) is 14.9 Å². The van der Waals surface area contributed by atoms with Gasteiger partial charge >= 0.3 is 11.9 Å². The van der Waals surface area contributed by atoms with Gasteiger partial charge < -0.3 is 14.9 Å². The Morgan fingerprint density at radius 2 is 1.46 bits per heavy atom. The van der Waals surface area contributed by atoms with Crippen molar-refractivity contribution >= 4 is 21.8 Å². The number of sulfone groups is 1. The highest BCUT2D eigenvalue weighted by atomic mass is 32.2. The summed E-state index contributed by atoms with van der Waals surface area (Å²) in [5.41, 5.74) is -1.07. The van der Waals surface area contributed by atoms with Crippen LogP contribution >= 0.6 is 0 Å². The molecule has 0 aliphatic rings. The van der Waals surface area contributed by atoms with E-state index in [1.165, 1.54) is 24.3 Å². The first-order valence-electron chi connectivity index (χ1n) is 6.86. The minimum atomic E-state index is -3.98. The summed E-state index contributed by atoms with van der Waals surface area (Å²) in [5.74, 6) is -2.46. The van der Waals surface area contributed by atoms with Gasteiger partial charge in [0.15, 0.2) is 0 Å². The first-order valence-corrected chi connectivity index (χ1v) is 8.34. The van der Waals surface area contributed by atoms with Gasteiger partial charge in [-0.2, -0.15) is 0 Å². The van der Waals surface area contributed by atoms with E-state index in [1.54, 1.807) is 6.92 Å². The van der Waals surface area contributed by atoms with Crippen LogP contribution in [0.1, 0.15) is 27.6 Å². The average molecular weight is 350 g/mol. The van der Waals surface area contributed by atoms with E-state index < -0.39 is 32.9 Å². The van der Waals surface area contributed by atoms with E-state index >= 15 is 0 Å². The molecule has 2 aromatic carbocycles. The number of benzene rings is 2. The van der Waals surface area contributed by atoms with Gasteiger partial charge in [0.2, 0.25) is 9.84 Å². The second-order valence-corrected chi connectivity index (χ2v) is 6.68. The summed E-state index contributed by atoms with van der Waals surface area (Å²) in [4.78, 5) is 21.9. The van der Waals surface area contributed by atoms with Crippen molar-refractivity contribution in [1.82, 2.24) is 0 Å². The summed E-state index contributed by atoms with van der Waals surface area (Å²) >= 11 is 0. The van der Waals surface area contributed by atoms with Crippen LogP contribution in [0, 0.1) is 0 Å². The molecule has 0 aliphatic carbocycles. The molecule has 126 valence electrons. The SMILES string of the molecule is CCOc1ccc(S(=O)(=O)c2ccc(C(=O)O)c(C(=O)O)c2)cc1. The largest absolute Gasteiger partial charge is 0.494 e. The zero-order valence-corrected chi connectivity index (χ0v) is 13.4. The maximum Gasteiger partial charge on any atom is 0.336 e. The van der Waals surface area contributed by atoms with Crippen molar-refractivity contribution in [1.29, 1.82) is 0 Å². The molecule has 0 saturated heterocycles. The van der Waals surface area contributed by atoms with E-state index in [0.717, 1.165) is 18.2 Å². The van der Waals surface area contributed by atoms with Crippen molar-refractivity contribution in [2.45, 2.75) is 16.7 Å². The fourth-order valence-electron chi connectivity index (χ4n) is 2.07. The quantitative estimate of drug-likeness (QED) is 0.820. The molecule has 0 aromatic heterocycles. The normalized spacial score (nSPS) is 11.0. The molecule has 8 heteroatoms. The van der Waals surface area contributed by atoms with E-state index in [1.807, 2.05) is 0 Å². The Labute approximate surface area is 138 Å². The molecule has 24 heavy (non-hydrogen) atoms. The number of carboxylic acid groups (broad SMARTS) is 2. The summed E-state index contributed by atoms with van der Waals surface area (Å²) in [5, 5.41) is 18.1. The molecule has 0 fully saturated rings. The maximum atomic E-state index is 12.6. The smallest absolute Gasteiger partial charge is 0.336 e. The number of hydrogen-bond acceptors (Lipinski definition) is 5.